The second-order valence-electron chi connectivity index (χ2n) is 8.49. The molecule has 0 amide bonds. The van der Waals surface area contributed by atoms with Gasteiger partial charge in [-0.1, -0.05) is 30.3 Å². The number of benzene rings is 1. The first-order chi connectivity index (χ1) is 14.8. The average molecular weight is 404 g/mol. The van der Waals surface area contributed by atoms with E-state index < -0.39 is 0 Å². The van der Waals surface area contributed by atoms with Gasteiger partial charge in [0.05, 0.1) is 23.7 Å². The molecule has 1 aromatic carbocycles. The lowest BCUT2D eigenvalue weighted by atomic mass is 9.97. The maximum absolute atomic E-state index is 6.04. The highest BCUT2D eigenvalue weighted by Crippen LogP contribution is 2.27. The molecule has 0 saturated carbocycles. The molecule has 1 aliphatic heterocycles. The average Bonchev–Trinajstić information content (AvgIpc) is 3.36. The molecule has 0 atom stereocenters. The summed E-state index contributed by atoms with van der Waals surface area (Å²) in [6, 6.07) is 12.1. The van der Waals surface area contributed by atoms with Crippen LogP contribution in [-0.2, 0) is 26.4 Å². The van der Waals surface area contributed by atoms with Crippen molar-refractivity contribution in [3.63, 3.8) is 0 Å². The van der Waals surface area contributed by atoms with Gasteiger partial charge in [0.15, 0.2) is 0 Å². The molecule has 1 fully saturated rings. The molecule has 1 saturated heterocycles. The van der Waals surface area contributed by atoms with E-state index in [0.717, 1.165) is 56.8 Å². The fraction of sp³-hybridized carbons (Fsp3) is 0.458. The van der Waals surface area contributed by atoms with Crippen LogP contribution in [0, 0.1) is 5.92 Å². The van der Waals surface area contributed by atoms with Crippen molar-refractivity contribution in [2.45, 2.75) is 38.6 Å². The first-order valence-corrected chi connectivity index (χ1v) is 11.0. The van der Waals surface area contributed by atoms with Gasteiger partial charge >= 0.3 is 0 Å². The lowest BCUT2D eigenvalue weighted by molar-refractivity contribution is 0.132. The van der Waals surface area contributed by atoms with Crippen molar-refractivity contribution in [2.75, 3.05) is 19.7 Å². The zero-order chi connectivity index (χ0) is 20.3. The summed E-state index contributed by atoms with van der Waals surface area (Å²) in [7, 11) is 2.10. The highest BCUT2D eigenvalue weighted by atomic mass is 16.5. The van der Waals surface area contributed by atoms with Crippen molar-refractivity contribution in [1.29, 1.82) is 0 Å². The van der Waals surface area contributed by atoms with Gasteiger partial charge in [-0.2, -0.15) is 5.10 Å². The largest absolute Gasteiger partial charge is 0.477 e. The fourth-order valence-electron chi connectivity index (χ4n) is 4.69. The Bertz CT molecular complexity index is 992. The number of piperidine rings is 1. The van der Waals surface area contributed by atoms with Crippen LogP contribution >= 0.6 is 0 Å². The molecule has 0 spiro atoms. The van der Waals surface area contributed by atoms with Crippen molar-refractivity contribution >= 4 is 0 Å². The van der Waals surface area contributed by atoms with Gasteiger partial charge in [-0.25, -0.2) is 9.97 Å². The van der Waals surface area contributed by atoms with Crippen LogP contribution in [-0.4, -0.2) is 44.3 Å². The maximum Gasteiger partial charge on any atom is 0.216 e. The number of aromatic nitrogens is 4. The van der Waals surface area contributed by atoms with Crippen LogP contribution in [0.25, 0.3) is 11.3 Å². The molecule has 1 aliphatic carbocycles. The Labute approximate surface area is 177 Å². The first-order valence-electron chi connectivity index (χ1n) is 11.0. The Hall–Kier alpha value is -2.73. The van der Waals surface area contributed by atoms with Gasteiger partial charge in [0.25, 0.3) is 0 Å². The predicted molar refractivity (Wildman–Crippen MR) is 116 cm³/mol. The molecular weight excluding hydrogens is 374 g/mol. The zero-order valence-electron chi connectivity index (χ0n) is 17.6. The van der Waals surface area contributed by atoms with Crippen LogP contribution in [0.4, 0.5) is 0 Å². The minimum Gasteiger partial charge on any atom is -0.477 e. The summed E-state index contributed by atoms with van der Waals surface area (Å²) in [6.07, 6.45) is 7.53. The molecule has 2 aromatic heterocycles. The van der Waals surface area contributed by atoms with Crippen molar-refractivity contribution in [1.82, 2.24) is 24.6 Å². The molecule has 3 heterocycles. The minimum absolute atomic E-state index is 0.577. The summed E-state index contributed by atoms with van der Waals surface area (Å²) in [5.74, 6) is 1.24. The van der Waals surface area contributed by atoms with E-state index in [1.54, 1.807) is 6.33 Å². The molecule has 0 bridgehead atoms. The quantitative estimate of drug-likeness (QED) is 0.629. The number of aryl methyl sites for hydroxylation is 2. The third-order valence-electron chi connectivity index (χ3n) is 6.46. The Morgan fingerprint density at radius 1 is 1.07 bits per heavy atom. The summed E-state index contributed by atoms with van der Waals surface area (Å²) in [4.78, 5) is 11.3. The summed E-state index contributed by atoms with van der Waals surface area (Å²) in [6.45, 7) is 3.99. The maximum atomic E-state index is 6.04. The SMILES string of the molecule is Cn1nc2c(c1CN1CCC(COc3cc(-c4ccccc4)ncn3)CC1)CCC2. The number of likely N-dealkylation sites (tertiary alicyclic amines) is 1. The minimum atomic E-state index is 0.577. The van der Waals surface area contributed by atoms with E-state index in [2.05, 4.69) is 38.7 Å². The predicted octanol–water partition coefficient (Wildman–Crippen LogP) is 3.66. The van der Waals surface area contributed by atoms with E-state index in [1.807, 2.05) is 24.3 Å². The molecule has 3 aromatic rings. The van der Waals surface area contributed by atoms with Crippen molar-refractivity contribution in [2.24, 2.45) is 13.0 Å². The van der Waals surface area contributed by atoms with Crippen molar-refractivity contribution in [3.8, 4) is 17.1 Å². The molecule has 6 nitrogen and oxygen atoms in total. The second-order valence-corrected chi connectivity index (χ2v) is 8.49. The number of ether oxygens (including phenoxy) is 1. The second kappa shape index (κ2) is 8.56. The van der Waals surface area contributed by atoms with Gasteiger partial charge in [0.2, 0.25) is 5.88 Å². The summed E-state index contributed by atoms with van der Waals surface area (Å²) >= 11 is 0. The molecule has 30 heavy (non-hydrogen) atoms. The van der Waals surface area contributed by atoms with Gasteiger partial charge in [0, 0.05) is 25.2 Å². The van der Waals surface area contributed by atoms with E-state index in [9.17, 15) is 0 Å². The standard InChI is InChI=1S/C24H29N5O/c1-28-23(20-8-5-9-21(20)27-28)15-29-12-10-18(11-13-29)16-30-24-14-22(25-17-26-24)19-6-3-2-4-7-19/h2-4,6-7,14,17-18H,5,8-13,15-16H2,1H3. The van der Waals surface area contributed by atoms with Crippen LogP contribution in [0.1, 0.15) is 36.2 Å². The number of nitrogens with zero attached hydrogens (tertiary/aromatic N) is 5. The van der Waals surface area contributed by atoms with E-state index in [1.165, 1.54) is 29.8 Å². The lowest BCUT2D eigenvalue weighted by Crippen LogP contribution is -2.35. The van der Waals surface area contributed by atoms with Gasteiger partial charge in [0.1, 0.15) is 6.33 Å². The Balaban J connectivity index is 1.13. The number of fused-ring (bicyclic) bond motifs is 1. The number of hydrogen-bond acceptors (Lipinski definition) is 5. The normalized spacial score (nSPS) is 17.2. The van der Waals surface area contributed by atoms with Crippen LogP contribution in [0.2, 0.25) is 0 Å². The van der Waals surface area contributed by atoms with Crippen molar-refractivity contribution < 1.29 is 4.74 Å². The lowest BCUT2D eigenvalue weighted by Gasteiger charge is -2.31. The topological polar surface area (TPSA) is 56.1 Å². The highest BCUT2D eigenvalue weighted by Gasteiger charge is 2.25. The molecule has 5 rings (SSSR count). The molecule has 2 aliphatic rings. The molecule has 0 N–H and O–H groups in total. The molecule has 0 radical (unpaired) electrons. The van der Waals surface area contributed by atoms with E-state index in [0.29, 0.717) is 11.8 Å². The van der Waals surface area contributed by atoms with Crippen LogP contribution in [0.3, 0.4) is 0 Å². The first kappa shape index (κ1) is 19.2. The van der Waals surface area contributed by atoms with E-state index >= 15 is 0 Å². The van der Waals surface area contributed by atoms with Crippen LogP contribution < -0.4 is 4.74 Å². The van der Waals surface area contributed by atoms with Crippen LogP contribution in [0.5, 0.6) is 5.88 Å². The summed E-state index contributed by atoms with van der Waals surface area (Å²) in [5.41, 5.74) is 6.25. The Kier molecular flexibility index (Phi) is 5.49. The van der Waals surface area contributed by atoms with E-state index in [4.69, 9.17) is 9.84 Å². The van der Waals surface area contributed by atoms with Gasteiger partial charge < -0.3 is 4.74 Å². The zero-order valence-corrected chi connectivity index (χ0v) is 17.6. The highest BCUT2D eigenvalue weighted by molar-refractivity contribution is 5.59. The number of rotatable bonds is 6. The Morgan fingerprint density at radius 2 is 1.90 bits per heavy atom. The molecule has 6 heteroatoms. The fourth-order valence-corrected chi connectivity index (χ4v) is 4.69. The summed E-state index contributed by atoms with van der Waals surface area (Å²) < 4.78 is 8.15. The van der Waals surface area contributed by atoms with Crippen LogP contribution in [0.15, 0.2) is 42.7 Å². The van der Waals surface area contributed by atoms with Crippen molar-refractivity contribution in [3.05, 3.63) is 59.7 Å². The molecule has 156 valence electrons. The third-order valence-corrected chi connectivity index (χ3v) is 6.46. The summed E-state index contributed by atoms with van der Waals surface area (Å²) in [5, 5.41) is 4.72. The Morgan fingerprint density at radius 3 is 2.73 bits per heavy atom. The smallest absolute Gasteiger partial charge is 0.216 e. The van der Waals surface area contributed by atoms with E-state index in [-0.39, 0.29) is 0 Å². The molecular formula is C24H29N5O. The van der Waals surface area contributed by atoms with Gasteiger partial charge in [-0.3, -0.25) is 9.58 Å². The molecule has 0 unspecified atom stereocenters. The monoisotopic (exact) mass is 403 g/mol. The van der Waals surface area contributed by atoms with Gasteiger partial charge in [-0.05, 0) is 56.7 Å². The van der Waals surface area contributed by atoms with Gasteiger partial charge in [-0.15, -0.1) is 0 Å². The third kappa shape index (κ3) is 4.10. The number of hydrogen-bond donors (Lipinski definition) is 0.